The van der Waals surface area contributed by atoms with Crippen molar-refractivity contribution in [2.24, 2.45) is 0 Å². The molecule has 6 heteroatoms. The minimum Gasteiger partial charge on any atom is -0.496 e. The smallest absolute Gasteiger partial charge is 0.321 e. The molecule has 0 saturated heterocycles. The number of hydrogen-bond donors (Lipinski definition) is 2. The maximum atomic E-state index is 12.8. The average Bonchev–Trinajstić information content (AvgIpc) is 2.63. The summed E-state index contributed by atoms with van der Waals surface area (Å²) in [6.45, 7) is 4.76. The van der Waals surface area contributed by atoms with Gasteiger partial charge in [0.15, 0.2) is 0 Å². The van der Waals surface area contributed by atoms with E-state index < -0.39 is 12.1 Å². The topological polar surface area (TPSA) is 70.7 Å². The van der Waals surface area contributed by atoms with Crippen molar-refractivity contribution < 1.29 is 14.3 Å². The normalized spacial score (nSPS) is 11.7. The fraction of sp³-hybridized carbons (Fsp3) is 0.333. The van der Waals surface area contributed by atoms with Crippen LogP contribution in [-0.2, 0) is 11.3 Å². The summed E-state index contributed by atoms with van der Waals surface area (Å²) in [4.78, 5) is 26.6. The number of carbonyl (C=O) groups is 2. The number of rotatable bonds is 7. The highest BCUT2D eigenvalue weighted by molar-refractivity contribution is 5.97. The Morgan fingerprint density at radius 3 is 2.48 bits per heavy atom. The molecule has 0 aromatic heterocycles. The fourth-order valence-electron chi connectivity index (χ4n) is 3.02. The molecule has 0 fully saturated rings. The van der Waals surface area contributed by atoms with Crippen LogP contribution in [0.2, 0.25) is 0 Å². The summed E-state index contributed by atoms with van der Waals surface area (Å²) in [6, 6.07) is 14.3. The van der Waals surface area contributed by atoms with Gasteiger partial charge in [0.05, 0.1) is 7.11 Å². The van der Waals surface area contributed by atoms with Gasteiger partial charge in [-0.25, -0.2) is 4.79 Å². The van der Waals surface area contributed by atoms with Crippen LogP contribution >= 0.6 is 0 Å². The van der Waals surface area contributed by atoms with Crippen LogP contribution in [0.25, 0.3) is 0 Å². The molecule has 0 aliphatic carbocycles. The molecule has 0 saturated carbocycles. The summed E-state index contributed by atoms with van der Waals surface area (Å²) in [5.41, 5.74) is 2.90. The van der Waals surface area contributed by atoms with Gasteiger partial charge in [-0.1, -0.05) is 48.0 Å². The Bertz CT molecular complexity index is 777. The number of ether oxygens (including phenoxy) is 1. The number of aryl methyl sites for hydroxylation is 1. The van der Waals surface area contributed by atoms with Crippen molar-refractivity contribution in [1.29, 1.82) is 0 Å². The zero-order valence-corrected chi connectivity index (χ0v) is 16.3. The highest BCUT2D eigenvalue weighted by atomic mass is 16.5. The Hall–Kier alpha value is -2.86. The van der Waals surface area contributed by atoms with E-state index in [1.54, 1.807) is 14.0 Å². The molecule has 2 aromatic carbocycles. The highest BCUT2D eigenvalue weighted by Gasteiger charge is 2.27. The van der Waals surface area contributed by atoms with Crippen molar-refractivity contribution in [3.63, 3.8) is 0 Å². The van der Waals surface area contributed by atoms with Crippen molar-refractivity contribution in [2.75, 3.05) is 20.7 Å². The number of carbonyl (C=O) groups excluding carboxylic acids is 2. The van der Waals surface area contributed by atoms with E-state index in [0.717, 1.165) is 22.4 Å². The molecule has 2 N–H and O–H groups in total. The van der Waals surface area contributed by atoms with E-state index >= 15 is 0 Å². The molecule has 27 heavy (non-hydrogen) atoms. The molecule has 1 atom stereocenters. The second-order valence-corrected chi connectivity index (χ2v) is 6.39. The molecule has 0 bridgehead atoms. The minimum atomic E-state index is -0.612. The molecule has 0 aliphatic rings. The number of amides is 3. The van der Waals surface area contributed by atoms with Crippen molar-refractivity contribution in [1.82, 2.24) is 15.5 Å². The van der Waals surface area contributed by atoms with Crippen LogP contribution in [0, 0.1) is 6.92 Å². The number of hydrogen-bond acceptors (Lipinski definition) is 4. The quantitative estimate of drug-likeness (QED) is 0.787. The Morgan fingerprint density at radius 1 is 1.15 bits per heavy atom. The second-order valence-electron chi connectivity index (χ2n) is 6.39. The average molecular weight is 369 g/mol. The predicted molar refractivity (Wildman–Crippen MR) is 106 cm³/mol. The molecular weight excluding hydrogens is 342 g/mol. The van der Waals surface area contributed by atoms with Crippen molar-refractivity contribution >= 4 is 11.9 Å². The van der Waals surface area contributed by atoms with Crippen molar-refractivity contribution in [2.45, 2.75) is 26.4 Å². The molecule has 6 nitrogen and oxygen atoms in total. The summed E-state index contributed by atoms with van der Waals surface area (Å²) in [6.07, 6.45) is 0. The second kappa shape index (κ2) is 9.73. The minimum absolute atomic E-state index is 0.374. The number of urea groups is 1. The third-order valence-corrected chi connectivity index (χ3v) is 4.23. The zero-order valence-electron chi connectivity index (χ0n) is 16.3. The largest absolute Gasteiger partial charge is 0.496 e. The van der Waals surface area contributed by atoms with Gasteiger partial charge >= 0.3 is 6.03 Å². The van der Waals surface area contributed by atoms with Gasteiger partial charge in [-0.3, -0.25) is 15.0 Å². The Balaban J connectivity index is 2.29. The number of nitrogens with one attached hydrogen (secondary N) is 2. The van der Waals surface area contributed by atoms with Gasteiger partial charge in [-0.2, -0.15) is 0 Å². The molecule has 0 heterocycles. The lowest BCUT2D eigenvalue weighted by atomic mass is 10.0. The van der Waals surface area contributed by atoms with Gasteiger partial charge < -0.3 is 10.1 Å². The van der Waals surface area contributed by atoms with Crippen LogP contribution < -0.4 is 15.4 Å². The zero-order chi connectivity index (χ0) is 19.8. The summed E-state index contributed by atoms with van der Waals surface area (Å²) in [5.74, 6) is 0.393. The van der Waals surface area contributed by atoms with E-state index in [0.29, 0.717) is 13.1 Å². The lowest BCUT2D eigenvalue weighted by Gasteiger charge is -2.28. The molecule has 0 unspecified atom stereocenters. The summed E-state index contributed by atoms with van der Waals surface area (Å²) >= 11 is 0. The number of nitrogens with zero attached hydrogens (tertiary/aromatic N) is 1. The number of imide groups is 1. The van der Waals surface area contributed by atoms with E-state index in [1.807, 2.05) is 67.4 Å². The maximum Gasteiger partial charge on any atom is 0.321 e. The van der Waals surface area contributed by atoms with Crippen LogP contribution in [0.3, 0.4) is 0 Å². The molecule has 0 aliphatic heterocycles. The molecule has 3 amide bonds. The lowest BCUT2D eigenvalue weighted by Crippen LogP contribution is -2.45. The van der Waals surface area contributed by atoms with Crippen LogP contribution in [0.5, 0.6) is 5.75 Å². The molecule has 0 radical (unpaired) electrons. The fourth-order valence-corrected chi connectivity index (χ4v) is 3.02. The van der Waals surface area contributed by atoms with Gasteiger partial charge in [0.2, 0.25) is 5.91 Å². The van der Waals surface area contributed by atoms with Gasteiger partial charge in [0.25, 0.3) is 0 Å². The Labute approximate surface area is 160 Å². The molecule has 0 spiro atoms. The number of likely N-dealkylation sites (N-methyl/N-ethyl adjacent to an activating group) is 1. The third-order valence-electron chi connectivity index (χ3n) is 4.23. The first-order valence-electron chi connectivity index (χ1n) is 8.93. The van der Waals surface area contributed by atoms with E-state index in [9.17, 15) is 9.59 Å². The Kier molecular flexibility index (Phi) is 7.37. The van der Waals surface area contributed by atoms with Crippen molar-refractivity contribution in [3.8, 4) is 5.75 Å². The standard InChI is InChI=1S/C21H27N3O3/c1-5-22-21(26)23-20(25)19(16-9-7-6-8-10-16)24(3)14-17-13-15(2)11-12-18(17)27-4/h6-13,19H,5,14H2,1-4H3,(H2,22,23,25,26)/t19-/m1/s1. The number of benzene rings is 2. The van der Waals surface area contributed by atoms with Crippen LogP contribution in [0.1, 0.15) is 29.7 Å². The molecule has 144 valence electrons. The summed E-state index contributed by atoms with van der Waals surface area (Å²) < 4.78 is 5.45. The molecular formula is C21H27N3O3. The van der Waals surface area contributed by atoms with Gasteiger partial charge in [-0.15, -0.1) is 0 Å². The van der Waals surface area contributed by atoms with Gasteiger partial charge in [0.1, 0.15) is 11.8 Å². The number of methoxy groups -OCH3 is 1. The Morgan fingerprint density at radius 2 is 1.85 bits per heavy atom. The van der Waals surface area contributed by atoms with Gasteiger partial charge in [0, 0.05) is 18.7 Å². The first kappa shape index (κ1) is 20.5. The SMILES string of the molecule is CCNC(=O)NC(=O)[C@@H](c1ccccc1)N(C)Cc1cc(C)ccc1OC. The van der Waals surface area contributed by atoms with E-state index in [2.05, 4.69) is 10.6 Å². The van der Waals surface area contributed by atoms with Gasteiger partial charge in [-0.05, 0) is 32.5 Å². The first-order valence-corrected chi connectivity index (χ1v) is 8.93. The van der Waals surface area contributed by atoms with Crippen LogP contribution in [0.15, 0.2) is 48.5 Å². The third kappa shape index (κ3) is 5.56. The summed E-state index contributed by atoms with van der Waals surface area (Å²) in [5, 5.41) is 5.01. The maximum absolute atomic E-state index is 12.8. The lowest BCUT2D eigenvalue weighted by molar-refractivity contribution is -0.125. The van der Waals surface area contributed by atoms with E-state index in [1.165, 1.54) is 0 Å². The van der Waals surface area contributed by atoms with E-state index in [-0.39, 0.29) is 5.91 Å². The predicted octanol–water partition coefficient (Wildman–Crippen LogP) is 3.02. The van der Waals surface area contributed by atoms with Crippen LogP contribution in [0.4, 0.5) is 4.79 Å². The monoisotopic (exact) mass is 369 g/mol. The molecule has 2 rings (SSSR count). The van der Waals surface area contributed by atoms with E-state index in [4.69, 9.17) is 4.74 Å². The first-order chi connectivity index (χ1) is 13.0. The summed E-state index contributed by atoms with van der Waals surface area (Å²) in [7, 11) is 3.49. The van der Waals surface area contributed by atoms with Crippen LogP contribution in [-0.4, -0.2) is 37.5 Å². The molecule has 2 aromatic rings. The van der Waals surface area contributed by atoms with Crippen molar-refractivity contribution in [3.05, 3.63) is 65.2 Å². The highest BCUT2D eigenvalue weighted by Crippen LogP contribution is 2.26.